The summed E-state index contributed by atoms with van der Waals surface area (Å²) >= 11 is 0. The van der Waals surface area contributed by atoms with Gasteiger partial charge in [0, 0.05) is 35.0 Å². The fraction of sp³-hybridized carbons (Fsp3) is 0.100. The minimum atomic E-state index is -0.548. The molecule has 0 saturated carbocycles. The molecular formula is C20H14O7. The van der Waals surface area contributed by atoms with Gasteiger partial charge in [0.2, 0.25) is 0 Å². The van der Waals surface area contributed by atoms with E-state index in [2.05, 4.69) is 0 Å². The molecule has 2 aromatic heterocycles. The van der Waals surface area contributed by atoms with Crippen LogP contribution in [0.4, 0.5) is 0 Å². The van der Waals surface area contributed by atoms with Crippen molar-refractivity contribution in [3.8, 4) is 11.5 Å². The van der Waals surface area contributed by atoms with Gasteiger partial charge in [0.25, 0.3) is 0 Å². The van der Waals surface area contributed by atoms with Crippen molar-refractivity contribution < 1.29 is 23.8 Å². The molecule has 0 amide bonds. The minimum Gasteiger partial charge on any atom is -0.508 e. The molecule has 0 fully saturated rings. The Kier molecular flexibility index (Phi) is 4.13. The lowest BCUT2D eigenvalue weighted by molar-refractivity contribution is 0.108. The Hall–Kier alpha value is -3.58. The summed E-state index contributed by atoms with van der Waals surface area (Å²) in [4.78, 5) is 23.4. The van der Waals surface area contributed by atoms with Gasteiger partial charge in [-0.25, -0.2) is 9.59 Å². The fourth-order valence-electron chi connectivity index (χ4n) is 2.95. The van der Waals surface area contributed by atoms with Crippen LogP contribution in [-0.4, -0.2) is 10.2 Å². The number of rotatable bonds is 4. The number of aromatic hydroxyl groups is 2. The fourth-order valence-corrected chi connectivity index (χ4v) is 2.95. The molecule has 136 valence electrons. The lowest BCUT2D eigenvalue weighted by atomic mass is 10.1. The summed E-state index contributed by atoms with van der Waals surface area (Å²) in [5.41, 5.74) is 0.642. The average molecular weight is 366 g/mol. The van der Waals surface area contributed by atoms with Crippen LogP contribution < -0.4 is 11.3 Å². The zero-order chi connectivity index (χ0) is 19.0. The molecule has 2 aromatic carbocycles. The Bertz CT molecular complexity index is 1170. The standard InChI is InChI=1S/C20H14O7/c21-13-1-3-15-11(5-19(23)26-17(15)7-13)9-25-10-12-6-20(24)27-18-8-14(22)2-4-16(12)18/h1-8,21-22H,9-10H2. The van der Waals surface area contributed by atoms with Crippen LogP contribution in [0.25, 0.3) is 21.9 Å². The molecule has 0 aliphatic heterocycles. The van der Waals surface area contributed by atoms with Crippen LogP contribution in [0.1, 0.15) is 11.1 Å². The largest absolute Gasteiger partial charge is 0.508 e. The van der Waals surface area contributed by atoms with E-state index < -0.39 is 11.3 Å². The number of hydrogen-bond donors (Lipinski definition) is 2. The van der Waals surface area contributed by atoms with Gasteiger partial charge in [0.15, 0.2) is 0 Å². The van der Waals surface area contributed by atoms with Crippen molar-refractivity contribution in [3.05, 3.63) is 80.5 Å². The lowest BCUT2D eigenvalue weighted by Crippen LogP contribution is -2.05. The zero-order valence-electron chi connectivity index (χ0n) is 14.0. The van der Waals surface area contributed by atoms with Gasteiger partial charge >= 0.3 is 11.3 Å². The summed E-state index contributed by atoms with van der Waals surface area (Å²) in [6, 6.07) is 11.7. The maximum atomic E-state index is 11.7. The van der Waals surface area contributed by atoms with E-state index in [0.717, 1.165) is 0 Å². The lowest BCUT2D eigenvalue weighted by Gasteiger charge is -2.09. The predicted octanol–water partition coefficient (Wildman–Crippen LogP) is 3.03. The Morgan fingerprint density at radius 1 is 0.704 bits per heavy atom. The smallest absolute Gasteiger partial charge is 0.336 e. The summed E-state index contributed by atoms with van der Waals surface area (Å²) in [5.74, 6) is -0.0103. The maximum absolute atomic E-state index is 11.7. The number of benzene rings is 2. The first-order valence-electron chi connectivity index (χ1n) is 8.09. The van der Waals surface area contributed by atoms with Crippen molar-refractivity contribution >= 4 is 21.9 Å². The highest BCUT2D eigenvalue weighted by atomic mass is 16.5. The minimum absolute atomic E-state index is 0.00514. The molecule has 27 heavy (non-hydrogen) atoms. The van der Waals surface area contributed by atoms with E-state index in [1.165, 1.54) is 36.4 Å². The van der Waals surface area contributed by atoms with E-state index >= 15 is 0 Å². The highest BCUT2D eigenvalue weighted by molar-refractivity contribution is 5.82. The molecule has 7 heteroatoms. The molecule has 0 unspecified atom stereocenters. The number of phenolic OH excluding ortho intramolecular Hbond substituents is 2. The van der Waals surface area contributed by atoms with Gasteiger partial charge in [-0.15, -0.1) is 0 Å². The van der Waals surface area contributed by atoms with Crippen LogP contribution in [0.5, 0.6) is 11.5 Å². The quantitative estimate of drug-likeness (QED) is 0.534. The summed E-state index contributed by atoms with van der Waals surface area (Å²) in [6.45, 7) is 0.208. The zero-order valence-corrected chi connectivity index (χ0v) is 14.0. The third-order valence-electron chi connectivity index (χ3n) is 4.14. The van der Waals surface area contributed by atoms with Gasteiger partial charge in [-0.05, 0) is 35.4 Å². The molecule has 0 atom stereocenters. The molecular weight excluding hydrogens is 352 g/mol. The van der Waals surface area contributed by atoms with E-state index in [9.17, 15) is 19.8 Å². The van der Waals surface area contributed by atoms with Crippen molar-refractivity contribution in [3.63, 3.8) is 0 Å². The molecule has 0 spiro atoms. The summed E-state index contributed by atoms with van der Waals surface area (Å²) in [5, 5.41) is 20.4. The van der Waals surface area contributed by atoms with Crippen molar-refractivity contribution in [1.29, 1.82) is 0 Å². The van der Waals surface area contributed by atoms with Gasteiger partial charge in [-0.1, -0.05) is 0 Å². The number of fused-ring (bicyclic) bond motifs is 2. The molecule has 0 radical (unpaired) electrons. The number of hydrogen-bond acceptors (Lipinski definition) is 7. The van der Waals surface area contributed by atoms with E-state index in [1.807, 2.05) is 0 Å². The van der Waals surface area contributed by atoms with Crippen LogP contribution in [0.2, 0.25) is 0 Å². The summed E-state index contributed by atoms with van der Waals surface area (Å²) < 4.78 is 15.9. The Labute approximate surface area is 151 Å². The summed E-state index contributed by atoms with van der Waals surface area (Å²) in [6.07, 6.45) is 0. The van der Waals surface area contributed by atoms with E-state index in [-0.39, 0.29) is 35.9 Å². The van der Waals surface area contributed by atoms with E-state index in [0.29, 0.717) is 21.9 Å². The molecule has 4 aromatic rings. The molecule has 2 N–H and O–H groups in total. The topological polar surface area (TPSA) is 110 Å². The van der Waals surface area contributed by atoms with Crippen molar-refractivity contribution in [1.82, 2.24) is 0 Å². The normalized spacial score (nSPS) is 11.3. The Morgan fingerprint density at radius 3 is 1.59 bits per heavy atom. The Morgan fingerprint density at radius 2 is 1.15 bits per heavy atom. The van der Waals surface area contributed by atoms with Crippen LogP contribution in [-0.2, 0) is 18.0 Å². The molecule has 0 bridgehead atoms. The number of ether oxygens (including phenoxy) is 1. The van der Waals surface area contributed by atoms with E-state index in [4.69, 9.17) is 13.6 Å². The monoisotopic (exact) mass is 366 g/mol. The molecule has 7 nitrogen and oxygen atoms in total. The number of phenols is 2. The van der Waals surface area contributed by atoms with Gasteiger partial charge in [0.1, 0.15) is 22.7 Å². The second-order valence-electron chi connectivity index (χ2n) is 6.04. The van der Waals surface area contributed by atoms with Crippen molar-refractivity contribution in [2.75, 3.05) is 0 Å². The van der Waals surface area contributed by atoms with Crippen LogP contribution in [0, 0.1) is 0 Å². The molecule has 4 rings (SSSR count). The first-order valence-corrected chi connectivity index (χ1v) is 8.09. The van der Waals surface area contributed by atoms with Gasteiger partial charge in [-0.3, -0.25) is 0 Å². The van der Waals surface area contributed by atoms with Crippen LogP contribution in [0.3, 0.4) is 0 Å². The second-order valence-corrected chi connectivity index (χ2v) is 6.04. The molecule has 0 aliphatic carbocycles. The first kappa shape index (κ1) is 16.9. The highest BCUT2D eigenvalue weighted by Gasteiger charge is 2.10. The first-order chi connectivity index (χ1) is 13.0. The summed E-state index contributed by atoms with van der Waals surface area (Å²) in [7, 11) is 0. The van der Waals surface area contributed by atoms with Crippen molar-refractivity contribution in [2.45, 2.75) is 13.2 Å². The highest BCUT2D eigenvalue weighted by Crippen LogP contribution is 2.24. The third-order valence-corrected chi connectivity index (χ3v) is 4.14. The molecule has 0 saturated heterocycles. The van der Waals surface area contributed by atoms with Crippen molar-refractivity contribution in [2.24, 2.45) is 0 Å². The molecule has 0 aliphatic rings. The Balaban J connectivity index is 1.63. The van der Waals surface area contributed by atoms with Gasteiger partial charge in [-0.2, -0.15) is 0 Å². The average Bonchev–Trinajstić information content (AvgIpc) is 2.60. The van der Waals surface area contributed by atoms with E-state index in [1.54, 1.807) is 12.1 Å². The maximum Gasteiger partial charge on any atom is 0.336 e. The van der Waals surface area contributed by atoms with Crippen LogP contribution in [0.15, 0.2) is 67.0 Å². The second kappa shape index (κ2) is 6.62. The SMILES string of the molecule is O=c1cc(COCc2cc(=O)oc3cc(O)ccc23)c2ccc(O)cc2o1. The van der Waals surface area contributed by atoms with Crippen LogP contribution >= 0.6 is 0 Å². The van der Waals surface area contributed by atoms with Gasteiger partial charge in [0.05, 0.1) is 13.2 Å². The van der Waals surface area contributed by atoms with Gasteiger partial charge < -0.3 is 23.8 Å². The third kappa shape index (κ3) is 3.40. The predicted molar refractivity (Wildman–Crippen MR) is 96.8 cm³/mol. The molecule has 2 heterocycles.